The highest BCUT2D eigenvalue weighted by Crippen LogP contribution is 2.25. The maximum Gasteiger partial charge on any atom is 0.226 e. The van der Waals surface area contributed by atoms with Crippen molar-refractivity contribution in [1.29, 1.82) is 0 Å². The predicted octanol–water partition coefficient (Wildman–Crippen LogP) is 3.82. The van der Waals surface area contributed by atoms with Crippen molar-refractivity contribution in [2.45, 2.75) is 40.3 Å². The molecule has 0 spiro atoms. The van der Waals surface area contributed by atoms with E-state index in [2.05, 4.69) is 37.8 Å². The molecule has 2 rings (SSSR count). The van der Waals surface area contributed by atoms with E-state index in [1.54, 1.807) is 7.11 Å². The SMILES string of the molecule is COCCN(Cc1nc(-c2ccccc2C)oc1C)C(C)C. The third-order valence-electron chi connectivity index (χ3n) is 3.93. The molecule has 0 aliphatic carbocycles. The van der Waals surface area contributed by atoms with E-state index in [0.29, 0.717) is 11.9 Å². The van der Waals surface area contributed by atoms with Crippen LogP contribution in [0, 0.1) is 13.8 Å². The summed E-state index contributed by atoms with van der Waals surface area (Å²) in [5.74, 6) is 1.60. The summed E-state index contributed by atoms with van der Waals surface area (Å²) in [6, 6.07) is 8.61. The van der Waals surface area contributed by atoms with E-state index in [-0.39, 0.29) is 0 Å². The zero-order chi connectivity index (χ0) is 16.1. The van der Waals surface area contributed by atoms with Crippen molar-refractivity contribution in [2.75, 3.05) is 20.3 Å². The number of oxazole rings is 1. The lowest BCUT2D eigenvalue weighted by molar-refractivity contribution is 0.124. The number of methoxy groups -OCH3 is 1. The van der Waals surface area contributed by atoms with Crippen LogP contribution in [0.4, 0.5) is 0 Å². The van der Waals surface area contributed by atoms with Crippen LogP contribution in [0.1, 0.15) is 30.9 Å². The van der Waals surface area contributed by atoms with Crippen LogP contribution in [0.3, 0.4) is 0 Å². The fourth-order valence-electron chi connectivity index (χ4n) is 2.42. The number of ether oxygens (including phenoxy) is 1. The van der Waals surface area contributed by atoms with Crippen molar-refractivity contribution in [3.63, 3.8) is 0 Å². The molecule has 0 saturated carbocycles. The Bertz CT molecular complexity index is 605. The predicted molar refractivity (Wildman–Crippen MR) is 88.8 cm³/mol. The molecule has 0 amide bonds. The molecule has 0 N–H and O–H groups in total. The lowest BCUT2D eigenvalue weighted by atomic mass is 10.1. The standard InChI is InChI=1S/C18H26N2O2/c1-13(2)20(10-11-21-5)12-17-15(4)22-18(19-17)16-9-7-6-8-14(16)3/h6-9,13H,10-12H2,1-5H3. The van der Waals surface area contributed by atoms with Gasteiger partial charge in [-0.05, 0) is 39.3 Å². The number of aromatic nitrogens is 1. The Labute approximate surface area is 133 Å². The van der Waals surface area contributed by atoms with Crippen molar-refractivity contribution < 1.29 is 9.15 Å². The number of rotatable bonds is 7. The van der Waals surface area contributed by atoms with Crippen LogP contribution in [0.5, 0.6) is 0 Å². The molecule has 2 aromatic rings. The van der Waals surface area contributed by atoms with Crippen LogP contribution in [0.2, 0.25) is 0 Å². The third-order valence-corrected chi connectivity index (χ3v) is 3.93. The quantitative estimate of drug-likeness (QED) is 0.779. The molecule has 0 saturated heterocycles. The smallest absolute Gasteiger partial charge is 0.226 e. The molecule has 1 aromatic carbocycles. The summed E-state index contributed by atoms with van der Waals surface area (Å²) < 4.78 is 11.1. The van der Waals surface area contributed by atoms with Gasteiger partial charge in [-0.1, -0.05) is 18.2 Å². The molecular formula is C18H26N2O2. The summed E-state index contributed by atoms with van der Waals surface area (Å²) in [7, 11) is 1.73. The normalized spacial score (nSPS) is 11.6. The van der Waals surface area contributed by atoms with Crippen molar-refractivity contribution >= 4 is 0 Å². The van der Waals surface area contributed by atoms with Crippen molar-refractivity contribution in [3.05, 3.63) is 41.3 Å². The van der Waals surface area contributed by atoms with E-state index in [1.165, 1.54) is 5.56 Å². The van der Waals surface area contributed by atoms with Gasteiger partial charge in [-0.2, -0.15) is 0 Å². The van der Waals surface area contributed by atoms with Crippen LogP contribution in [-0.4, -0.2) is 36.2 Å². The topological polar surface area (TPSA) is 38.5 Å². The molecule has 4 nitrogen and oxygen atoms in total. The molecule has 120 valence electrons. The summed E-state index contributed by atoms with van der Waals surface area (Å²) >= 11 is 0. The monoisotopic (exact) mass is 302 g/mol. The van der Waals surface area contributed by atoms with Gasteiger partial charge in [0, 0.05) is 31.8 Å². The highest BCUT2D eigenvalue weighted by molar-refractivity contribution is 5.58. The molecule has 4 heteroatoms. The lowest BCUT2D eigenvalue weighted by Gasteiger charge is -2.25. The Morgan fingerprint density at radius 1 is 1.23 bits per heavy atom. The maximum absolute atomic E-state index is 5.90. The van der Waals surface area contributed by atoms with E-state index < -0.39 is 0 Å². The van der Waals surface area contributed by atoms with E-state index >= 15 is 0 Å². The highest BCUT2D eigenvalue weighted by Gasteiger charge is 2.17. The van der Waals surface area contributed by atoms with Gasteiger partial charge in [0.2, 0.25) is 5.89 Å². The summed E-state index contributed by atoms with van der Waals surface area (Å²) in [5.41, 5.74) is 3.24. The van der Waals surface area contributed by atoms with E-state index in [9.17, 15) is 0 Å². The third kappa shape index (κ3) is 3.96. The fraction of sp³-hybridized carbons (Fsp3) is 0.500. The molecular weight excluding hydrogens is 276 g/mol. The number of hydrogen-bond acceptors (Lipinski definition) is 4. The lowest BCUT2D eigenvalue weighted by Crippen LogP contribution is -2.33. The van der Waals surface area contributed by atoms with Gasteiger partial charge in [-0.15, -0.1) is 0 Å². The van der Waals surface area contributed by atoms with Gasteiger partial charge < -0.3 is 9.15 Å². The minimum absolute atomic E-state index is 0.438. The molecule has 0 fully saturated rings. The molecule has 0 bridgehead atoms. The Morgan fingerprint density at radius 2 is 1.95 bits per heavy atom. The first-order chi connectivity index (χ1) is 10.5. The van der Waals surface area contributed by atoms with Crippen molar-refractivity contribution in [3.8, 4) is 11.5 Å². The zero-order valence-corrected chi connectivity index (χ0v) is 14.2. The first-order valence-corrected chi connectivity index (χ1v) is 7.78. The Morgan fingerprint density at radius 3 is 2.59 bits per heavy atom. The summed E-state index contributed by atoms with van der Waals surface area (Å²) in [6.07, 6.45) is 0. The van der Waals surface area contributed by atoms with Gasteiger partial charge in [-0.25, -0.2) is 4.98 Å². The first-order valence-electron chi connectivity index (χ1n) is 7.78. The average molecular weight is 302 g/mol. The molecule has 1 aromatic heterocycles. The van der Waals surface area contributed by atoms with Gasteiger partial charge >= 0.3 is 0 Å². The van der Waals surface area contributed by atoms with Gasteiger partial charge in [0.05, 0.1) is 12.3 Å². The maximum atomic E-state index is 5.90. The average Bonchev–Trinajstić information content (AvgIpc) is 2.84. The minimum Gasteiger partial charge on any atom is -0.441 e. The molecule has 22 heavy (non-hydrogen) atoms. The van der Waals surface area contributed by atoms with E-state index in [0.717, 1.165) is 36.7 Å². The van der Waals surface area contributed by atoms with Gasteiger partial charge in [0.15, 0.2) is 0 Å². The van der Waals surface area contributed by atoms with Crippen LogP contribution in [-0.2, 0) is 11.3 Å². The highest BCUT2D eigenvalue weighted by atomic mass is 16.5. The molecule has 0 aliphatic heterocycles. The van der Waals surface area contributed by atoms with Crippen LogP contribution in [0.25, 0.3) is 11.5 Å². The molecule has 1 heterocycles. The number of benzene rings is 1. The largest absolute Gasteiger partial charge is 0.441 e. The number of hydrogen-bond donors (Lipinski definition) is 0. The summed E-state index contributed by atoms with van der Waals surface area (Å²) in [4.78, 5) is 7.07. The molecule has 0 unspecified atom stereocenters. The van der Waals surface area contributed by atoms with Crippen molar-refractivity contribution in [1.82, 2.24) is 9.88 Å². The van der Waals surface area contributed by atoms with Gasteiger partial charge in [0.1, 0.15) is 5.76 Å². The number of nitrogens with zero attached hydrogens (tertiary/aromatic N) is 2. The second-order valence-corrected chi connectivity index (χ2v) is 5.89. The van der Waals surface area contributed by atoms with Crippen LogP contribution >= 0.6 is 0 Å². The van der Waals surface area contributed by atoms with Crippen LogP contribution in [0.15, 0.2) is 28.7 Å². The minimum atomic E-state index is 0.438. The molecule has 0 atom stereocenters. The molecule has 0 aliphatic rings. The van der Waals surface area contributed by atoms with Gasteiger partial charge in [-0.3, -0.25) is 4.90 Å². The molecule has 0 radical (unpaired) electrons. The van der Waals surface area contributed by atoms with Gasteiger partial charge in [0.25, 0.3) is 0 Å². The Kier molecular flexibility index (Phi) is 5.75. The van der Waals surface area contributed by atoms with E-state index in [1.807, 2.05) is 19.1 Å². The Hall–Kier alpha value is -1.65. The van der Waals surface area contributed by atoms with Crippen LogP contribution < -0.4 is 0 Å². The van der Waals surface area contributed by atoms with Crippen molar-refractivity contribution in [2.24, 2.45) is 0 Å². The fourth-order valence-corrected chi connectivity index (χ4v) is 2.42. The second-order valence-electron chi connectivity index (χ2n) is 5.89. The first kappa shape index (κ1) is 16.7. The number of aryl methyl sites for hydroxylation is 2. The summed E-state index contributed by atoms with van der Waals surface area (Å²) in [5, 5.41) is 0. The Balaban J connectivity index is 2.21. The van der Waals surface area contributed by atoms with E-state index in [4.69, 9.17) is 14.1 Å². The zero-order valence-electron chi connectivity index (χ0n) is 14.2. The second kappa shape index (κ2) is 7.56. The summed E-state index contributed by atoms with van der Waals surface area (Å²) in [6.45, 7) is 10.8.